The fourth-order valence-corrected chi connectivity index (χ4v) is 5.79. The van der Waals surface area contributed by atoms with E-state index in [2.05, 4.69) is 19.8 Å². The van der Waals surface area contributed by atoms with Gasteiger partial charge in [0.15, 0.2) is 0 Å². The number of rotatable bonds is 28. The van der Waals surface area contributed by atoms with E-state index in [0.29, 0.717) is 44.0 Å². The van der Waals surface area contributed by atoms with Gasteiger partial charge in [-0.2, -0.15) is 0 Å². The van der Waals surface area contributed by atoms with Gasteiger partial charge in [-0.1, -0.05) is 99.6 Å². The number of hydrogen-bond acceptors (Lipinski definition) is 9. The van der Waals surface area contributed by atoms with Crippen LogP contribution in [0.5, 0.6) is 0 Å². The Labute approximate surface area is 257 Å². The van der Waals surface area contributed by atoms with E-state index in [-0.39, 0.29) is 38.1 Å². The number of nitrogens with two attached hydrogens (primary N) is 1. The minimum Gasteiger partial charge on any atom is -0.465 e. The number of unbranched alkanes of at least 4 members (excludes halogenated alkanes) is 8. The largest absolute Gasteiger partial charge is 0.465 e. The van der Waals surface area contributed by atoms with Gasteiger partial charge in [-0.3, -0.25) is 9.59 Å². The van der Waals surface area contributed by atoms with Crippen LogP contribution in [0.4, 0.5) is 4.79 Å². The lowest BCUT2D eigenvalue weighted by molar-refractivity contribution is -0.148. The number of hydrogen-bond donors (Lipinski definition) is 1. The highest BCUT2D eigenvalue weighted by molar-refractivity contribution is 8.76. The van der Waals surface area contributed by atoms with Crippen molar-refractivity contribution in [2.75, 3.05) is 51.0 Å². The molecule has 8 nitrogen and oxygen atoms in total. The molecule has 0 radical (unpaired) electrons. The molecule has 0 aliphatic carbocycles. The van der Waals surface area contributed by atoms with E-state index < -0.39 is 12.1 Å². The first-order chi connectivity index (χ1) is 20.0. The van der Waals surface area contributed by atoms with Gasteiger partial charge in [-0.05, 0) is 25.8 Å². The maximum atomic E-state index is 12.7. The summed E-state index contributed by atoms with van der Waals surface area (Å²) in [5.41, 5.74) is 5.58. The van der Waals surface area contributed by atoms with Crippen molar-refractivity contribution in [3.05, 3.63) is 0 Å². The molecule has 0 heterocycles. The number of ether oxygens (including phenoxy) is 3. The first-order valence-electron chi connectivity index (χ1n) is 15.6. The Morgan fingerprint density at radius 3 is 1.93 bits per heavy atom. The molecule has 0 rings (SSSR count). The monoisotopic (exact) mass is 616 g/mol. The fourth-order valence-electron chi connectivity index (χ4n) is 4.13. The average Bonchev–Trinajstić information content (AvgIpc) is 2.97. The third kappa shape index (κ3) is 24.7. The molecule has 0 saturated heterocycles. The average molecular weight is 617 g/mol. The molecule has 0 saturated carbocycles. The second kappa shape index (κ2) is 29.9. The molecule has 238 valence electrons. The van der Waals surface area contributed by atoms with Crippen molar-refractivity contribution in [3.63, 3.8) is 0 Å². The van der Waals surface area contributed by atoms with Crippen LogP contribution >= 0.6 is 21.6 Å². The van der Waals surface area contributed by atoms with Gasteiger partial charge < -0.3 is 24.8 Å². The van der Waals surface area contributed by atoms with Crippen LogP contribution < -0.4 is 5.73 Å². The summed E-state index contributed by atoms with van der Waals surface area (Å²) in [6.07, 6.45) is 19.6. The molecule has 41 heavy (non-hydrogen) atoms. The SMILES string of the molecule is C#CCCOC(=O)CCN(CCCN)C(=O)OCCSSCCOC(=O)C(CCCCCCC)CCCCCCC. The minimum atomic E-state index is -0.468. The van der Waals surface area contributed by atoms with E-state index in [9.17, 15) is 14.4 Å². The summed E-state index contributed by atoms with van der Waals surface area (Å²) in [7, 11) is 3.18. The van der Waals surface area contributed by atoms with Crippen molar-refractivity contribution >= 4 is 39.6 Å². The first kappa shape index (κ1) is 39.4. The van der Waals surface area contributed by atoms with Gasteiger partial charge in [0, 0.05) is 31.0 Å². The summed E-state index contributed by atoms with van der Waals surface area (Å²) < 4.78 is 16.0. The summed E-state index contributed by atoms with van der Waals surface area (Å²) in [6.45, 7) is 6.31. The number of carbonyl (C=O) groups is 3. The van der Waals surface area contributed by atoms with Gasteiger partial charge in [0.1, 0.15) is 19.8 Å². The summed E-state index contributed by atoms with van der Waals surface area (Å²) in [5.74, 6) is 3.28. The standard InChI is InChI=1S/C31H56N2O6S2/c1-4-7-10-12-14-17-28(18-15-13-11-8-5-2)30(35)38-24-26-40-41-27-25-39-31(36)33(21-16-20-32)22-19-29(34)37-23-9-6-3/h3,28H,4-5,7-27,32H2,1-2H3. The lowest BCUT2D eigenvalue weighted by Crippen LogP contribution is -2.35. The van der Waals surface area contributed by atoms with Gasteiger partial charge >= 0.3 is 18.0 Å². The van der Waals surface area contributed by atoms with Crippen molar-refractivity contribution in [1.82, 2.24) is 4.90 Å². The van der Waals surface area contributed by atoms with E-state index in [0.717, 1.165) is 25.7 Å². The Bertz CT molecular complexity index is 691. The summed E-state index contributed by atoms with van der Waals surface area (Å²) in [5, 5.41) is 0. The van der Waals surface area contributed by atoms with Gasteiger partial charge in [-0.15, -0.1) is 12.3 Å². The van der Waals surface area contributed by atoms with Crippen LogP contribution in [0.1, 0.15) is 110 Å². The Morgan fingerprint density at radius 1 is 0.780 bits per heavy atom. The highest BCUT2D eigenvalue weighted by atomic mass is 33.1. The van der Waals surface area contributed by atoms with Crippen molar-refractivity contribution in [2.24, 2.45) is 11.7 Å². The molecule has 10 heteroatoms. The molecule has 0 aromatic rings. The van der Waals surface area contributed by atoms with Crippen LogP contribution in [0.3, 0.4) is 0 Å². The lowest BCUT2D eigenvalue weighted by atomic mass is 9.94. The van der Waals surface area contributed by atoms with E-state index in [1.807, 2.05) is 0 Å². The zero-order valence-corrected chi connectivity index (χ0v) is 27.3. The number of carbonyl (C=O) groups excluding carboxylic acids is 3. The molecule has 0 bridgehead atoms. The van der Waals surface area contributed by atoms with Gasteiger partial charge in [0.25, 0.3) is 0 Å². The highest BCUT2D eigenvalue weighted by Crippen LogP contribution is 2.23. The molecular formula is C31H56N2O6S2. The molecule has 0 unspecified atom stereocenters. The van der Waals surface area contributed by atoms with Crippen LogP contribution in [0, 0.1) is 18.3 Å². The first-order valence-corrected chi connectivity index (χ1v) is 18.1. The van der Waals surface area contributed by atoms with Gasteiger partial charge in [-0.25, -0.2) is 4.79 Å². The van der Waals surface area contributed by atoms with E-state index in [1.165, 1.54) is 56.3 Å². The van der Waals surface area contributed by atoms with Gasteiger partial charge in [0.2, 0.25) is 0 Å². The molecule has 1 amide bonds. The van der Waals surface area contributed by atoms with Crippen LogP contribution in [-0.4, -0.2) is 73.9 Å². The zero-order chi connectivity index (χ0) is 30.4. The normalized spacial score (nSPS) is 10.8. The Hall–Kier alpha value is -1.57. The predicted octanol–water partition coefficient (Wildman–Crippen LogP) is 6.99. The van der Waals surface area contributed by atoms with Crippen molar-refractivity contribution in [3.8, 4) is 12.3 Å². The molecule has 0 atom stereocenters. The quantitative estimate of drug-likeness (QED) is 0.0327. The van der Waals surface area contributed by atoms with Crippen LogP contribution in [0.25, 0.3) is 0 Å². The van der Waals surface area contributed by atoms with Gasteiger partial charge in [0.05, 0.1) is 12.3 Å². The van der Waals surface area contributed by atoms with Crippen molar-refractivity contribution in [2.45, 2.75) is 110 Å². The molecular weight excluding hydrogens is 560 g/mol. The molecule has 0 spiro atoms. The molecule has 0 aromatic heterocycles. The fraction of sp³-hybridized carbons (Fsp3) is 0.839. The number of terminal acetylenes is 1. The summed E-state index contributed by atoms with van der Waals surface area (Å²) in [4.78, 5) is 38.5. The smallest absolute Gasteiger partial charge is 0.409 e. The van der Waals surface area contributed by atoms with E-state index in [4.69, 9.17) is 26.4 Å². The molecule has 2 N–H and O–H groups in total. The topological polar surface area (TPSA) is 108 Å². The molecule has 0 aliphatic heterocycles. The number of esters is 2. The van der Waals surface area contributed by atoms with Crippen LogP contribution in [-0.2, 0) is 23.8 Å². The van der Waals surface area contributed by atoms with E-state index in [1.54, 1.807) is 21.6 Å². The third-order valence-electron chi connectivity index (χ3n) is 6.52. The second-order valence-corrected chi connectivity index (χ2v) is 12.8. The molecule has 0 fully saturated rings. The molecule has 0 aromatic carbocycles. The zero-order valence-electron chi connectivity index (χ0n) is 25.7. The number of amides is 1. The summed E-state index contributed by atoms with van der Waals surface area (Å²) in [6, 6.07) is 0. The Balaban J connectivity index is 4.22. The maximum absolute atomic E-state index is 12.7. The van der Waals surface area contributed by atoms with Crippen LogP contribution in [0.2, 0.25) is 0 Å². The van der Waals surface area contributed by atoms with Crippen molar-refractivity contribution in [1.29, 1.82) is 0 Å². The minimum absolute atomic E-state index is 0.0161. The summed E-state index contributed by atoms with van der Waals surface area (Å²) >= 11 is 0. The highest BCUT2D eigenvalue weighted by Gasteiger charge is 2.19. The predicted molar refractivity (Wildman–Crippen MR) is 172 cm³/mol. The number of nitrogens with zero attached hydrogens (tertiary/aromatic N) is 1. The van der Waals surface area contributed by atoms with E-state index >= 15 is 0 Å². The molecule has 0 aliphatic rings. The maximum Gasteiger partial charge on any atom is 0.409 e. The van der Waals surface area contributed by atoms with Crippen LogP contribution in [0.15, 0.2) is 0 Å². The lowest BCUT2D eigenvalue weighted by Gasteiger charge is -2.21. The third-order valence-corrected chi connectivity index (χ3v) is 8.85. The Morgan fingerprint density at radius 2 is 1.37 bits per heavy atom. The van der Waals surface area contributed by atoms with Crippen molar-refractivity contribution < 1.29 is 28.6 Å². The Kier molecular flexibility index (Phi) is 28.8. The second-order valence-electron chi connectivity index (χ2n) is 10.1.